The van der Waals surface area contributed by atoms with Crippen molar-refractivity contribution >= 4 is 17.6 Å². The van der Waals surface area contributed by atoms with Gasteiger partial charge in [0.2, 0.25) is 5.91 Å². The fourth-order valence-electron chi connectivity index (χ4n) is 1.65. The van der Waals surface area contributed by atoms with Gasteiger partial charge in [0, 0.05) is 18.4 Å². The lowest BCUT2D eigenvalue weighted by molar-refractivity contribution is -0.121. The summed E-state index contributed by atoms with van der Waals surface area (Å²) in [6, 6.07) is 1.58. The van der Waals surface area contributed by atoms with Gasteiger partial charge in [0.15, 0.2) is 11.6 Å². The van der Waals surface area contributed by atoms with E-state index in [1.165, 1.54) is 0 Å². The van der Waals surface area contributed by atoms with Crippen molar-refractivity contribution in [1.29, 1.82) is 0 Å². The molecule has 0 aliphatic rings. The number of carbonyl (C=O) groups excluding carboxylic acids is 3. The van der Waals surface area contributed by atoms with Crippen LogP contribution in [-0.2, 0) is 9.59 Å². The minimum atomic E-state index is -1.17. The van der Waals surface area contributed by atoms with Crippen LogP contribution in [0.4, 0.5) is 8.78 Å². The van der Waals surface area contributed by atoms with E-state index >= 15 is 0 Å². The maximum atomic E-state index is 13.0. The first kappa shape index (κ1) is 16.7. The molecule has 7 heteroatoms. The number of carbonyl (C=O) groups is 3. The second-order valence-corrected chi connectivity index (χ2v) is 4.49. The Kier molecular flexibility index (Phi) is 5.95. The van der Waals surface area contributed by atoms with Crippen LogP contribution >= 0.6 is 0 Å². The van der Waals surface area contributed by atoms with Crippen LogP contribution in [0, 0.1) is 11.6 Å². The Morgan fingerprint density at radius 3 is 2.43 bits per heavy atom. The number of hydrogen-bond donors (Lipinski definition) is 2. The normalized spacial score (nSPS) is 11.8. The first-order chi connectivity index (χ1) is 9.85. The van der Waals surface area contributed by atoms with Crippen LogP contribution in [0.25, 0.3) is 0 Å². The van der Waals surface area contributed by atoms with Gasteiger partial charge in [-0.05, 0) is 24.6 Å². The molecule has 1 rings (SSSR count). The molecule has 0 spiro atoms. The largest absolute Gasteiger partial charge is 0.368 e. The van der Waals surface area contributed by atoms with Crippen molar-refractivity contribution in [1.82, 2.24) is 5.32 Å². The average molecular weight is 298 g/mol. The highest BCUT2D eigenvalue weighted by Crippen LogP contribution is 2.09. The minimum Gasteiger partial charge on any atom is -0.368 e. The number of Topliss-reactive ketones (excluding diaryl/α,β-unsaturated/α-hetero) is 1. The van der Waals surface area contributed by atoms with Crippen molar-refractivity contribution < 1.29 is 23.2 Å². The van der Waals surface area contributed by atoms with Gasteiger partial charge in [-0.2, -0.15) is 0 Å². The number of hydrogen-bond acceptors (Lipinski definition) is 3. The Morgan fingerprint density at radius 2 is 1.90 bits per heavy atom. The zero-order valence-electron chi connectivity index (χ0n) is 11.5. The van der Waals surface area contributed by atoms with Gasteiger partial charge in [-0.1, -0.05) is 6.92 Å². The van der Waals surface area contributed by atoms with Crippen molar-refractivity contribution in [3.05, 3.63) is 35.4 Å². The number of ketones is 1. The lowest BCUT2D eigenvalue weighted by Crippen LogP contribution is -2.44. The molecule has 0 radical (unpaired) electrons. The molecule has 0 saturated carbocycles. The fraction of sp³-hybridized carbons (Fsp3) is 0.357. The molecule has 0 bridgehead atoms. The van der Waals surface area contributed by atoms with Gasteiger partial charge < -0.3 is 11.1 Å². The highest BCUT2D eigenvalue weighted by molar-refractivity contribution is 5.97. The third kappa shape index (κ3) is 4.94. The van der Waals surface area contributed by atoms with Crippen LogP contribution < -0.4 is 11.1 Å². The third-order valence-corrected chi connectivity index (χ3v) is 2.94. The van der Waals surface area contributed by atoms with Crippen LogP contribution in [0.3, 0.4) is 0 Å². The van der Waals surface area contributed by atoms with Crippen LogP contribution in [0.1, 0.15) is 36.5 Å². The van der Waals surface area contributed by atoms with Gasteiger partial charge in [0.25, 0.3) is 5.91 Å². The molecule has 1 aromatic carbocycles. The number of benzene rings is 1. The maximum absolute atomic E-state index is 13.0. The lowest BCUT2D eigenvalue weighted by Gasteiger charge is -2.15. The van der Waals surface area contributed by atoms with E-state index in [9.17, 15) is 23.2 Å². The van der Waals surface area contributed by atoms with Gasteiger partial charge in [-0.15, -0.1) is 0 Å². The smallest absolute Gasteiger partial charge is 0.252 e. The van der Waals surface area contributed by atoms with E-state index in [1.54, 1.807) is 6.92 Å². The zero-order valence-corrected chi connectivity index (χ0v) is 11.5. The van der Waals surface area contributed by atoms with Crippen molar-refractivity contribution in [2.75, 3.05) is 0 Å². The minimum absolute atomic E-state index is 0.0664. The molecule has 2 amide bonds. The van der Waals surface area contributed by atoms with E-state index in [0.717, 1.165) is 18.2 Å². The summed E-state index contributed by atoms with van der Waals surface area (Å²) >= 11 is 0. The maximum Gasteiger partial charge on any atom is 0.252 e. The van der Waals surface area contributed by atoms with E-state index in [4.69, 9.17) is 5.73 Å². The van der Waals surface area contributed by atoms with E-state index in [0.29, 0.717) is 6.42 Å². The molecule has 5 nitrogen and oxygen atoms in total. The number of nitrogens with one attached hydrogen (secondary N) is 1. The number of rotatable bonds is 7. The quantitative estimate of drug-likeness (QED) is 0.795. The fourth-order valence-corrected chi connectivity index (χ4v) is 1.65. The monoisotopic (exact) mass is 298 g/mol. The van der Waals surface area contributed by atoms with Crippen molar-refractivity contribution in [3.8, 4) is 0 Å². The Bertz CT molecular complexity index is 561. The molecular formula is C14H16F2N2O3. The molecule has 0 aliphatic carbocycles. The molecule has 1 aromatic rings. The summed E-state index contributed by atoms with van der Waals surface area (Å²) in [5.74, 6) is -3.87. The second kappa shape index (κ2) is 7.47. The SMILES string of the molecule is CCC(=O)CC[C@H](NC(=O)c1ccc(F)c(F)c1)C(N)=O. The molecule has 0 aliphatic heterocycles. The topological polar surface area (TPSA) is 89.3 Å². The third-order valence-electron chi connectivity index (χ3n) is 2.94. The highest BCUT2D eigenvalue weighted by Gasteiger charge is 2.20. The molecule has 0 aromatic heterocycles. The van der Waals surface area contributed by atoms with E-state index in [2.05, 4.69) is 5.32 Å². The van der Waals surface area contributed by atoms with Gasteiger partial charge in [-0.25, -0.2) is 8.78 Å². The number of primary amides is 1. The summed E-state index contributed by atoms with van der Waals surface area (Å²) in [6.45, 7) is 1.68. The first-order valence-electron chi connectivity index (χ1n) is 6.42. The van der Waals surface area contributed by atoms with Gasteiger partial charge in [-0.3, -0.25) is 14.4 Å². The number of halogens is 2. The van der Waals surface area contributed by atoms with Crippen molar-refractivity contribution in [3.63, 3.8) is 0 Å². The summed E-state index contributed by atoms with van der Waals surface area (Å²) in [5.41, 5.74) is 5.01. The van der Waals surface area contributed by atoms with E-state index < -0.39 is 29.5 Å². The van der Waals surface area contributed by atoms with Gasteiger partial charge in [0.05, 0.1) is 0 Å². The van der Waals surface area contributed by atoms with Gasteiger partial charge in [0.1, 0.15) is 11.8 Å². The van der Waals surface area contributed by atoms with Crippen LogP contribution in [-0.4, -0.2) is 23.6 Å². The Labute approximate surface area is 120 Å². The predicted octanol–water partition coefficient (Wildman–Crippen LogP) is 1.31. The standard InChI is InChI=1S/C14H16F2N2O3/c1-2-9(19)4-6-12(13(17)20)18-14(21)8-3-5-10(15)11(16)7-8/h3,5,7,12H,2,4,6H2,1H3,(H2,17,20)(H,18,21)/t12-/m0/s1. The van der Waals surface area contributed by atoms with Crippen LogP contribution in [0.5, 0.6) is 0 Å². The molecule has 3 N–H and O–H groups in total. The molecule has 0 unspecified atom stereocenters. The average Bonchev–Trinajstić information content (AvgIpc) is 2.45. The molecule has 0 saturated heterocycles. The molecule has 114 valence electrons. The second-order valence-electron chi connectivity index (χ2n) is 4.49. The Morgan fingerprint density at radius 1 is 1.24 bits per heavy atom. The van der Waals surface area contributed by atoms with Crippen LogP contribution in [0.15, 0.2) is 18.2 Å². The first-order valence-corrected chi connectivity index (χ1v) is 6.42. The summed E-state index contributed by atoms with van der Waals surface area (Å²) in [4.78, 5) is 34.3. The lowest BCUT2D eigenvalue weighted by atomic mass is 10.1. The van der Waals surface area contributed by atoms with E-state index in [-0.39, 0.29) is 24.2 Å². The number of nitrogens with two attached hydrogens (primary N) is 1. The zero-order chi connectivity index (χ0) is 16.0. The molecule has 0 fully saturated rings. The number of amides is 2. The van der Waals surface area contributed by atoms with Crippen molar-refractivity contribution in [2.24, 2.45) is 5.73 Å². The predicted molar refractivity (Wildman–Crippen MR) is 71.3 cm³/mol. The molecule has 1 atom stereocenters. The Balaban J connectivity index is 2.74. The van der Waals surface area contributed by atoms with Crippen LogP contribution in [0.2, 0.25) is 0 Å². The summed E-state index contributed by atoms with van der Waals surface area (Å²) in [6.07, 6.45) is 0.488. The summed E-state index contributed by atoms with van der Waals surface area (Å²) < 4.78 is 25.8. The van der Waals surface area contributed by atoms with Crippen molar-refractivity contribution in [2.45, 2.75) is 32.2 Å². The summed E-state index contributed by atoms with van der Waals surface area (Å²) in [7, 11) is 0. The Hall–Kier alpha value is -2.31. The molecule has 0 heterocycles. The highest BCUT2D eigenvalue weighted by atomic mass is 19.2. The van der Waals surface area contributed by atoms with Gasteiger partial charge >= 0.3 is 0 Å². The molecular weight excluding hydrogens is 282 g/mol. The summed E-state index contributed by atoms with van der Waals surface area (Å²) in [5, 5.41) is 2.30. The van der Waals surface area contributed by atoms with E-state index in [1.807, 2.05) is 0 Å². The molecule has 21 heavy (non-hydrogen) atoms.